The van der Waals surface area contributed by atoms with Crippen molar-refractivity contribution < 1.29 is 4.74 Å². The van der Waals surface area contributed by atoms with E-state index < -0.39 is 0 Å². The molecular formula is C15H21BrN2O. The molecule has 2 aliphatic rings. The van der Waals surface area contributed by atoms with Crippen LogP contribution in [0.1, 0.15) is 18.4 Å². The van der Waals surface area contributed by atoms with E-state index in [0.29, 0.717) is 12.0 Å². The summed E-state index contributed by atoms with van der Waals surface area (Å²) in [6, 6.07) is 6.63. The predicted octanol–water partition coefficient (Wildman–Crippen LogP) is 2.63. The summed E-state index contributed by atoms with van der Waals surface area (Å²) in [6.45, 7) is 3.29. The van der Waals surface area contributed by atoms with Crippen LogP contribution in [0.4, 0.5) is 0 Å². The van der Waals surface area contributed by atoms with Crippen molar-refractivity contribution in [2.75, 3.05) is 20.2 Å². The first-order chi connectivity index (χ1) is 9.17. The fourth-order valence-electron chi connectivity index (χ4n) is 3.64. The van der Waals surface area contributed by atoms with E-state index in [4.69, 9.17) is 10.5 Å². The normalized spacial score (nSPS) is 30.6. The zero-order valence-corrected chi connectivity index (χ0v) is 12.9. The van der Waals surface area contributed by atoms with Gasteiger partial charge in [0.05, 0.1) is 7.11 Å². The average molecular weight is 325 g/mol. The second-order valence-corrected chi connectivity index (χ2v) is 6.73. The fraction of sp³-hybridized carbons (Fsp3) is 0.600. The first-order valence-electron chi connectivity index (χ1n) is 6.97. The molecule has 3 atom stereocenters. The van der Waals surface area contributed by atoms with Crippen LogP contribution in [0.5, 0.6) is 5.75 Å². The molecule has 4 heteroatoms. The van der Waals surface area contributed by atoms with E-state index in [9.17, 15) is 0 Å². The van der Waals surface area contributed by atoms with Crippen LogP contribution >= 0.6 is 15.9 Å². The lowest BCUT2D eigenvalue weighted by atomic mass is 9.98. The van der Waals surface area contributed by atoms with Crippen LogP contribution < -0.4 is 10.5 Å². The minimum Gasteiger partial charge on any atom is -0.496 e. The Morgan fingerprint density at radius 3 is 2.95 bits per heavy atom. The molecule has 3 nitrogen and oxygen atoms in total. The van der Waals surface area contributed by atoms with E-state index in [2.05, 4.69) is 26.9 Å². The van der Waals surface area contributed by atoms with Crippen molar-refractivity contribution in [3.8, 4) is 5.75 Å². The monoisotopic (exact) mass is 324 g/mol. The van der Waals surface area contributed by atoms with Gasteiger partial charge < -0.3 is 10.5 Å². The largest absolute Gasteiger partial charge is 0.496 e. The Balaban J connectivity index is 1.71. The van der Waals surface area contributed by atoms with E-state index in [-0.39, 0.29) is 0 Å². The highest BCUT2D eigenvalue weighted by molar-refractivity contribution is 9.10. The van der Waals surface area contributed by atoms with E-state index in [1.165, 1.54) is 24.9 Å². The van der Waals surface area contributed by atoms with Crippen molar-refractivity contribution in [1.82, 2.24) is 4.90 Å². The molecule has 2 fully saturated rings. The number of ether oxygens (including phenoxy) is 1. The van der Waals surface area contributed by atoms with Gasteiger partial charge >= 0.3 is 0 Å². The molecule has 104 valence electrons. The second kappa shape index (κ2) is 5.43. The molecule has 0 bridgehead atoms. The highest BCUT2D eigenvalue weighted by Crippen LogP contribution is 2.38. The summed E-state index contributed by atoms with van der Waals surface area (Å²) in [5.74, 6) is 2.50. The number of nitrogens with zero attached hydrogens (tertiary/aromatic N) is 1. The molecule has 1 aliphatic carbocycles. The van der Waals surface area contributed by atoms with Crippen LogP contribution in [0.2, 0.25) is 0 Å². The lowest BCUT2D eigenvalue weighted by molar-refractivity contribution is 0.291. The number of hydrogen-bond acceptors (Lipinski definition) is 3. The number of hydrogen-bond donors (Lipinski definition) is 1. The van der Waals surface area contributed by atoms with Gasteiger partial charge in [-0.1, -0.05) is 15.9 Å². The summed E-state index contributed by atoms with van der Waals surface area (Å²) in [6.07, 6.45) is 2.52. The van der Waals surface area contributed by atoms with Gasteiger partial charge in [0.1, 0.15) is 5.75 Å². The fourth-order valence-corrected chi connectivity index (χ4v) is 4.05. The molecule has 1 saturated carbocycles. The first kappa shape index (κ1) is 13.4. The van der Waals surface area contributed by atoms with Crippen LogP contribution in [-0.4, -0.2) is 31.1 Å². The molecule has 1 aromatic rings. The topological polar surface area (TPSA) is 38.5 Å². The van der Waals surface area contributed by atoms with Crippen molar-refractivity contribution >= 4 is 15.9 Å². The summed E-state index contributed by atoms with van der Waals surface area (Å²) in [4.78, 5) is 2.53. The molecule has 1 aromatic carbocycles. The van der Waals surface area contributed by atoms with Gasteiger partial charge in [0.25, 0.3) is 0 Å². The van der Waals surface area contributed by atoms with Gasteiger partial charge in [-0.2, -0.15) is 0 Å². The summed E-state index contributed by atoms with van der Waals surface area (Å²) >= 11 is 3.54. The highest BCUT2D eigenvalue weighted by atomic mass is 79.9. The van der Waals surface area contributed by atoms with Gasteiger partial charge in [-0.05, 0) is 42.9 Å². The van der Waals surface area contributed by atoms with Crippen LogP contribution in [0.25, 0.3) is 0 Å². The van der Waals surface area contributed by atoms with Crippen LogP contribution in [0.3, 0.4) is 0 Å². The molecule has 1 aliphatic heterocycles. The molecule has 2 N–H and O–H groups in total. The summed E-state index contributed by atoms with van der Waals surface area (Å²) in [5.41, 5.74) is 7.45. The van der Waals surface area contributed by atoms with Crippen LogP contribution in [-0.2, 0) is 6.54 Å². The van der Waals surface area contributed by atoms with Crippen molar-refractivity contribution in [1.29, 1.82) is 0 Å². The second-order valence-electron chi connectivity index (χ2n) is 5.82. The number of benzene rings is 1. The minimum absolute atomic E-state index is 0.416. The molecule has 0 aromatic heterocycles. The third-order valence-corrected chi connectivity index (χ3v) is 5.12. The van der Waals surface area contributed by atoms with Gasteiger partial charge in [-0.15, -0.1) is 0 Å². The Hall–Kier alpha value is -0.580. The zero-order valence-electron chi connectivity index (χ0n) is 11.3. The van der Waals surface area contributed by atoms with Crippen molar-refractivity contribution in [3.63, 3.8) is 0 Å². The van der Waals surface area contributed by atoms with Gasteiger partial charge in [0.2, 0.25) is 0 Å². The van der Waals surface area contributed by atoms with E-state index in [1.807, 2.05) is 12.1 Å². The third kappa shape index (κ3) is 2.67. The summed E-state index contributed by atoms with van der Waals surface area (Å²) in [5, 5.41) is 0. The third-order valence-electron chi connectivity index (χ3n) is 4.62. The SMILES string of the molecule is COc1ccc(Br)cc1CN1CC2CCC(N)C2C1. The molecular weight excluding hydrogens is 304 g/mol. The molecule has 0 spiro atoms. The van der Waals surface area contributed by atoms with E-state index in [1.54, 1.807) is 7.11 Å². The maximum absolute atomic E-state index is 6.20. The Labute approximate surface area is 123 Å². The molecule has 1 saturated heterocycles. The number of rotatable bonds is 3. The van der Waals surface area contributed by atoms with Crippen molar-refractivity contribution in [2.45, 2.75) is 25.4 Å². The van der Waals surface area contributed by atoms with Gasteiger partial charge in [0, 0.05) is 35.7 Å². The molecule has 19 heavy (non-hydrogen) atoms. The number of likely N-dealkylation sites (tertiary alicyclic amines) is 1. The molecule has 0 radical (unpaired) electrons. The van der Waals surface area contributed by atoms with Crippen LogP contribution in [0, 0.1) is 11.8 Å². The number of methoxy groups -OCH3 is 1. The highest BCUT2D eigenvalue weighted by Gasteiger charge is 2.40. The standard InChI is InChI=1S/C15H21BrN2O/c1-19-15-5-3-12(16)6-11(15)8-18-7-10-2-4-14(17)13(10)9-18/h3,5-6,10,13-14H,2,4,7-9,17H2,1H3. The maximum Gasteiger partial charge on any atom is 0.123 e. The first-order valence-corrected chi connectivity index (χ1v) is 7.77. The molecule has 0 amide bonds. The molecule has 3 unspecified atom stereocenters. The summed E-state index contributed by atoms with van der Waals surface area (Å²) < 4.78 is 6.56. The smallest absolute Gasteiger partial charge is 0.123 e. The summed E-state index contributed by atoms with van der Waals surface area (Å²) in [7, 11) is 1.74. The van der Waals surface area contributed by atoms with Gasteiger partial charge in [-0.25, -0.2) is 0 Å². The van der Waals surface area contributed by atoms with E-state index >= 15 is 0 Å². The predicted molar refractivity (Wildman–Crippen MR) is 80.2 cm³/mol. The number of halogens is 1. The quantitative estimate of drug-likeness (QED) is 0.928. The Morgan fingerprint density at radius 2 is 2.21 bits per heavy atom. The van der Waals surface area contributed by atoms with Crippen molar-refractivity contribution in [3.05, 3.63) is 28.2 Å². The van der Waals surface area contributed by atoms with E-state index in [0.717, 1.165) is 29.2 Å². The number of fused-ring (bicyclic) bond motifs is 1. The Morgan fingerprint density at radius 1 is 1.37 bits per heavy atom. The van der Waals surface area contributed by atoms with Gasteiger partial charge in [-0.3, -0.25) is 4.90 Å². The zero-order chi connectivity index (χ0) is 13.4. The lowest BCUT2D eigenvalue weighted by Gasteiger charge is -2.20. The average Bonchev–Trinajstić information content (AvgIpc) is 2.92. The lowest BCUT2D eigenvalue weighted by Crippen LogP contribution is -2.30. The maximum atomic E-state index is 6.20. The number of nitrogens with two attached hydrogens (primary N) is 1. The van der Waals surface area contributed by atoms with Crippen molar-refractivity contribution in [2.24, 2.45) is 17.6 Å². The molecule has 1 heterocycles. The van der Waals surface area contributed by atoms with Gasteiger partial charge in [0.15, 0.2) is 0 Å². The Kier molecular flexibility index (Phi) is 3.83. The Bertz CT molecular complexity index is 465. The van der Waals surface area contributed by atoms with Crippen LogP contribution in [0.15, 0.2) is 22.7 Å². The molecule has 3 rings (SSSR count). The minimum atomic E-state index is 0.416.